The van der Waals surface area contributed by atoms with Crippen LogP contribution in [0.1, 0.15) is 39.5 Å². The molecular formula is C16H22N2OS. The van der Waals surface area contributed by atoms with E-state index < -0.39 is 0 Å². The molecule has 108 valence electrons. The molecule has 1 aliphatic rings. The van der Waals surface area contributed by atoms with E-state index in [4.69, 9.17) is 4.74 Å². The second-order valence-corrected chi connectivity index (χ2v) is 6.67. The second kappa shape index (κ2) is 5.60. The number of ether oxygens (including phenoxy) is 1. The van der Waals surface area contributed by atoms with E-state index >= 15 is 0 Å². The summed E-state index contributed by atoms with van der Waals surface area (Å²) < 4.78 is 6.73. The summed E-state index contributed by atoms with van der Waals surface area (Å²) in [5.74, 6) is 0.930. The third-order valence-corrected chi connectivity index (χ3v) is 5.43. The normalized spacial score (nSPS) is 16.9. The van der Waals surface area contributed by atoms with Crippen molar-refractivity contribution in [2.75, 3.05) is 18.5 Å². The molecule has 0 spiro atoms. The van der Waals surface area contributed by atoms with E-state index in [0.717, 1.165) is 22.9 Å². The van der Waals surface area contributed by atoms with Gasteiger partial charge in [0.15, 0.2) is 5.13 Å². The highest BCUT2D eigenvalue weighted by molar-refractivity contribution is 7.22. The molecule has 0 aliphatic heterocycles. The average Bonchev–Trinajstić information content (AvgIpc) is 2.80. The van der Waals surface area contributed by atoms with Crippen LogP contribution in [0.4, 0.5) is 5.13 Å². The first kappa shape index (κ1) is 13.7. The number of rotatable bonds is 6. The molecule has 1 saturated carbocycles. The Morgan fingerprint density at radius 3 is 2.85 bits per heavy atom. The highest BCUT2D eigenvalue weighted by atomic mass is 32.1. The summed E-state index contributed by atoms with van der Waals surface area (Å²) in [6.45, 7) is 6.07. The number of thiazole rings is 1. The summed E-state index contributed by atoms with van der Waals surface area (Å²) >= 11 is 1.72. The Balaban J connectivity index is 1.72. The molecule has 1 aromatic heterocycles. The molecule has 0 bridgehead atoms. The molecule has 1 N–H and O–H groups in total. The van der Waals surface area contributed by atoms with Gasteiger partial charge in [-0.15, -0.1) is 0 Å². The standard InChI is InChI=1S/C16H22N2OS/c1-3-16(8-5-9-16)11-17-15-18-13-7-6-12(19-4-2)10-14(13)20-15/h6-7,10H,3-5,8-9,11H2,1-2H3,(H,17,18). The molecular weight excluding hydrogens is 268 g/mol. The maximum atomic E-state index is 5.54. The fourth-order valence-electron chi connectivity index (χ4n) is 2.83. The lowest BCUT2D eigenvalue weighted by atomic mass is 9.67. The van der Waals surface area contributed by atoms with Crippen molar-refractivity contribution in [3.05, 3.63) is 18.2 Å². The number of nitrogens with one attached hydrogen (secondary N) is 1. The molecule has 2 aromatic rings. The van der Waals surface area contributed by atoms with Gasteiger partial charge in [-0.3, -0.25) is 0 Å². The number of benzene rings is 1. The van der Waals surface area contributed by atoms with Gasteiger partial charge in [-0.1, -0.05) is 24.7 Å². The molecule has 4 heteroatoms. The van der Waals surface area contributed by atoms with E-state index in [1.54, 1.807) is 11.3 Å². The lowest BCUT2D eigenvalue weighted by Crippen LogP contribution is -2.35. The molecule has 0 saturated heterocycles. The zero-order valence-corrected chi connectivity index (χ0v) is 13.1. The number of hydrogen-bond acceptors (Lipinski definition) is 4. The van der Waals surface area contributed by atoms with Crippen LogP contribution in [0.2, 0.25) is 0 Å². The third-order valence-electron chi connectivity index (χ3n) is 4.45. The van der Waals surface area contributed by atoms with Crippen LogP contribution in [0.15, 0.2) is 18.2 Å². The molecule has 0 unspecified atom stereocenters. The Kier molecular flexibility index (Phi) is 3.83. The topological polar surface area (TPSA) is 34.1 Å². The fourth-order valence-corrected chi connectivity index (χ4v) is 3.72. The molecule has 0 atom stereocenters. The van der Waals surface area contributed by atoms with Crippen molar-refractivity contribution in [3.63, 3.8) is 0 Å². The zero-order chi connectivity index (χ0) is 14.0. The number of nitrogens with zero attached hydrogens (tertiary/aromatic N) is 1. The van der Waals surface area contributed by atoms with E-state index in [2.05, 4.69) is 23.3 Å². The van der Waals surface area contributed by atoms with Crippen LogP contribution in [0, 0.1) is 5.41 Å². The van der Waals surface area contributed by atoms with Gasteiger partial charge in [-0.25, -0.2) is 4.98 Å². The Hall–Kier alpha value is -1.29. The van der Waals surface area contributed by atoms with Gasteiger partial charge in [-0.05, 0) is 49.8 Å². The summed E-state index contributed by atoms with van der Waals surface area (Å²) in [7, 11) is 0. The van der Waals surface area contributed by atoms with Crippen LogP contribution < -0.4 is 10.1 Å². The lowest BCUT2D eigenvalue weighted by molar-refractivity contribution is 0.145. The van der Waals surface area contributed by atoms with Gasteiger partial charge in [-0.2, -0.15) is 0 Å². The monoisotopic (exact) mass is 290 g/mol. The first-order valence-corrected chi connectivity index (χ1v) is 8.33. The summed E-state index contributed by atoms with van der Waals surface area (Å²) in [4.78, 5) is 4.66. The van der Waals surface area contributed by atoms with E-state index in [1.165, 1.54) is 30.4 Å². The largest absolute Gasteiger partial charge is 0.494 e. The van der Waals surface area contributed by atoms with Crippen molar-refractivity contribution in [2.45, 2.75) is 39.5 Å². The number of hydrogen-bond donors (Lipinski definition) is 1. The van der Waals surface area contributed by atoms with Crippen LogP contribution in [-0.4, -0.2) is 18.1 Å². The zero-order valence-electron chi connectivity index (χ0n) is 12.2. The first-order chi connectivity index (χ1) is 9.74. The molecule has 1 aromatic carbocycles. The van der Waals surface area contributed by atoms with Crippen molar-refractivity contribution in [2.24, 2.45) is 5.41 Å². The van der Waals surface area contributed by atoms with Crippen molar-refractivity contribution in [1.29, 1.82) is 0 Å². The molecule has 3 rings (SSSR count). The number of anilines is 1. The average molecular weight is 290 g/mol. The summed E-state index contributed by atoms with van der Waals surface area (Å²) in [5.41, 5.74) is 1.58. The summed E-state index contributed by atoms with van der Waals surface area (Å²) in [6.07, 6.45) is 5.36. The molecule has 1 aliphatic carbocycles. The van der Waals surface area contributed by atoms with Gasteiger partial charge in [0.1, 0.15) is 5.75 Å². The van der Waals surface area contributed by atoms with Crippen molar-refractivity contribution < 1.29 is 4.74 Å². The van der Waals surface area contributed by atoms with E-state index in [1.807, 2.05) is 19.1 Å². The second-order valence-electron chi connectivity index (χ2n) is 5.64. The van der Waals surface area contributed by atoms with E-state index in [-0.39, 0.29) is 0 Å². The van der Waals surface area contributed by atoms with Gasteiger partial charge in [0.25, 0.3) is 0 Å². The summed E-state index contributed by atoms with van der Waals surface area (Å²) in [5, 5.41) is 4.58. The van der Waals surface area contributed by atoms with Crippen LogP contribution in [0.3, 0.4) is 0 Å². The van der Waals surface area contributed by atoms with Crippen LogP contribution >= 0.6 is 11.3 Å². The minimum atomic E-state index is 0.522. The minimum Gasteiger partial charge on any atom is -0.494 e. The van der Waals surface area contributed by atoms with Gasteiger partial charge in [0.05, 0.1) is 16.8 Å². The van der Waals surface area contributed by atoms with Gasteiger partial charge in [0, 0.05) is 6.54 Å². The molecule has 20 heavy (non-hydrogen) atoms. The van der Waals surface area contributed by atoms with Crippen LogP contribution in [-0.2, 0) is 0 Å². The smallest absolute Gasteiger partial charge is 0.183 e. The third kappa shape index (κ3) is 2.62. The van der Waals surface area contributed by atoms with E-state index in [9.17, 15) is 0 Å². The van der Waals surface area contributed by atoms with Gasteiger partial charge < -0.3 is 10.1 Å². The van der Waals surface area contributed by atoms with Crippen LogP contribution in [0.25, 0.3) is 10.2 Å². The highest BCUT2D eigenvalue weighted by Crippen LogP contribution is 2.44. The summed E-state index contributed by atoms with van der Waals surface area (Å²) in [6, 6.07) is 6.12. The Morgan fingerprint density at radius 2 is 2.20 bits per heavy atom. The van der Waals surface area contributed by atoms with Crippen molar-refractivity contribution in [1.82, 2.24) is 4.98 Å². The van der Waals surface area contributed by atoms with Crippen molar-refractivity contribution >= 4 is 26.7 Å². The van der Waals surface area contributed by atoms with Crippen LogP contribution in [0.5, 0.6) is 5.75 Å². The SMILES string of the molecule is CCOc1ccc2nc(NCC3(CC)CCC3)sc2c1. The Morgan fingerprint density at radius 1 is 1.35 bits per heavy atom. The number of fused-ring (bicyclic) bond motifs is 1. The molecule has 3 nitrogen and oxygen atoms in total. The van der Waals surface area contributed by atoms with Gasteiger partial charge >= 0.3 is 0 Å². The lowest BCUT2D eigenvalue weighted by Gasteiger charge is -2.41. The minimum absolute atomic E-state index is 0.522. The maximum absolute atomic E-state index is 5.54. The fraction of sp³-hybridized carbons (Fsp3) is 0.562. The highest BCUT2D eigenvalue weighted by Gasteiger charge is 2.34. The molecule has 1 heterocycles. The Bertz CT molecular complexity index is 584. The first-order valence-electron chi connectivity index (χ1n) is 7.52. The number of aromatic nitrogens is 1. The molecule has 0 amide bonds. The predicted molar refractivity (Wildman–Crippen MR) is 85.9 cm³/mol. The predicted octanol–water partition coefficient (Wildman–Crippen LogP) is 4.69. The molecule has 1 fully saturated rings. The maximum Gasteiger partial charge on any atom is 0.183 e. The molecule has 0 radical (unpaired) electrons. The Labute approximate surface area is 124 Å². The quantitative estimate of drug-likeness (QED) is 0.838. The van der Waals surface area contributed by atoms with Gasteiger partial charge in [0.2, 0.25) is 0 Å². The van der Waals surface area contributed by atoms with E-state index in [0.29, 0.717) is 12.0 Å². The van der Waals surface area contributed by atoms with Crippen molar-refractivity contribution in [3.8, 4) is 5.75 Å².